The third kappa shape index (κ3) is 4.23. The van der Waals surface area contributed by atoms with Crippen molar-refractivity contribution in [2.45, 2.75) is 17.8 Å². The van der Waals surface area contributed by atoms with Crippen LogP contribution in [0, 0.1) is 0 Å². The standard InChI is InChI=1S/C13H13F3N4OS/c1-20-11(13(14,15)16)18-19-12(20)22-8-7-10(21)17-9-5-3-2-4-6-9/h2-6H,7-8H2,1H3,(H,17,21). The van der Waals surface area contributed by atoms with Crippen molar-refractivity contribution in [1.29, 1.82) is 0 Å². The summed E-state index contributed by atoms with van der Waals surface area (Å²) in [7, 11) is 1.25. The monoisotopic (exact) mass is 330 g/mol. The fraction of sp³-hybridized carbons (Fsp3) is 0.308. The van der Waals surface area contributed by atoms with Crippen LogP contribution in [0.5, 0.6) is 0 Å². The molecular weight excluding hydrogens is 317 g/mol. The lowest BCUT2D eigenvalue weighted by atomic mass is 10.3. The molecule has 0 aliphatic rings. The number of benzene rings is 1. The molecule has 0 aliphatic heterocycles. The molecule has 0 atom stereocenters. The van der Waals surface area contributed by atoms with E-state index in [9.17, 15) is 18.0 Å². The van der Waals surface area contributed by atoms with Crippen molar-refractivity contribution in [3.05, 3.63) is 36.2 Å². The van der Waals surface area contributed by atoms with Gasteiger partial charge in [0.15, 0.2) is 5.16 Å². The van der Waals surface area contributed by atoms with Gasteiger partial charge in [-0.3, -0.25) is 4.79 Å². The summed E-state index contributed by atoms with van der Waals surface area (Å²) in [5, 5.41) is 9.43. The molecule has 2 aromatic rings. The molecule has 2 rings (SSSR count). The Kier molecular flexibility index (Phi) is 5.07. The second-order valence-electron chi connectivity index (χ2n) is 4.38. The van der Waals surface area contributed by atoms with Crippen LogP contribution in [0.2, 0.25) is 0 Å². The Labute approximate surface area is 128 Å². The van der Waals surface area contributed by atoms with Crippen LogP contribution >= 0.6 is 11.8 Å². The number of aromatic nitrogens is 3. The summed E-state index contributed by atoms with van der Waals surface area (Å²) in [5.74, 6) is -0.955. The van der Waals surface area contributed by atoms with Gasteiger partial charge in [-0.15, -0.1) is 10.2 Å². The molecule has 0 spiro atoms. The first-order valence-electron chi connectivity index (χ1n) is 6.32. The van der Waals surface area contributed by atoms with Gasteiger partial charge in [-0.05, 0) is 12.1 Å². The number of halogens is 3. The third-order valence-corrected chi connectivity index (χ3v) is 3.73. The van der Waals surface area contributed by atoms with Crippen LogP contribution in [0.15, 0.2) is 35.5 Å². The normalized spacial score (nSPS) is 11.5. The molecule has 0 fully saturated rings. The first kappa shape index (κ1) is 16.3. The fourth-order valence-electron chi connectivity index (χ4n) is 1.67. The van der Waals surface area contributed by atoms with Gasteiger partial charge < -0.3 is 9.88 Å². The lowest BCUT2D eigenvalue weighted by molar-refractivity contribution is -0.147. The maximum Gasteiger partial charge on any atom is 0.451 e. The van der Waals surface area contributed by atoms with Crippen LogP contribution < -0.4 is 5.32 Å². The fourth-order valence-corrected chi connectivity index (χ4v) is 2.52. The van der Waals surface area contributed by atoms with Gasteiger partial charge in [0.05, 0.1) is 0 Å². The molecule has 1 N–H and O–H groups in total. The number of nitrogens with one attached hydrogen (secondary N) is 1. The van der Waals surface area contributed by atoms with Crippen molar-refractivity contribution in [2.75, 3.05) is 11.1 Å². The van der Waals surface area contributed by atoms with E-state index in [0.29, 0.717) is 11.4 Å². The van der Waals surface area contributed by atoms with Gasteiger partial charge in [0, 0.05) is 24.9 Å². The van der Waals surface area contributed by atoms with E-state index in [2.05, 4.69) is 15.5 Å². The Morgan fingerprint density at radius 3 is 2.55 bits per heavy atom. The minimum absolute atomic E-state index is 0.125. The molecule has 1 amide bonds. The Morgan fingerprint density at radius 2 is 1.95 bits per heavy atom. The summed E-state index contributed by atoms with van der Waals surface area (Å²) >= 11 is 1.05. The number of carbonyl (C=O) groups is 1. The number of anilines is 1. The molecule has 9 heteroatoms. The molecule has 0 saturated heterocycles. The van der Waals surface area contributed by atoms with E-state index < -0.39 is 12.0 Å². The lowest BCUT2D eigenvalue weighted by Gasteiger charge is -2.06. The van der Waals surface area contributed by atoms with E-state index in [1.54, 1.807) is 24.3 Å². The predicted molar refractivity (Wildman–Crippen MR) is 76.4 cm³/mol. The first-order chi connectivity index (χ1) is 10.4. The number of nitrogens with zero attached hydrogens (tertiary/aromatic N) is 3. The summed E-state index contributed by atoms with van der Waals surface area (Å²) in [4.78, 5) is 11.7. The van der Waals surface area contributed by atoms with Gasteiger partial charge in [-0.2, -0.15) is 13.2 Å². The molecule has 5 nitrogen and oxygen atoms in total. The van der Waals surface area contributed by atoms with E-state index in [4.69, 9.17) is 0 Å². The average molecular weight is 330 g/mol. The van der Waals surface area contributed by atoms with Crippen molar-refractivity contribution in [3.8, 4) is 0 Å². The average Bonchev–Trinajstić information content (AvgIpc) is 2.81. The molecule has 22 heavy (non-hydrogen) atoms. The van der Waals surface area contributed by atoms with Gasteiger partial charge in [0.1, 0.15) is 0 Å². The van der Waals surface area contributed by atoms with Crippen molar-refractivity contribution in [1.82, 2.24) is 14.8 Å². The molecule has 118 valence electrons. The molecule has 0 aliphatic carbocycles. The quantitative estimate of drug-likeness (QED) is 0.856. The molecule has 0 bridgehead atoms. The number of amides is 1. The summed E-state index contributed by atoms with van der Waals surface area (Å²) in [6.45, 7) is 0. The smallest absolute Gasteiger partial charge is 0.326 e. The number of hydrogen-bond donors (Lipinski definition) is 1. The van der Waals surface area contributed by atoms with Crippen molar-refractivity contribution in [2.24, 2.45) is 7.05 Å². The lowest BCUT2D eigenvalue weighted by Crippen LogP contribution is -2.13. The maximum absolute atomic E-state index is 12.6. The van der Waals surface area contributed by atoms with E-state index in [1.807, 2.05) is 6.07 Å². The number of alkyl halides is 3. The summed E-state index contributed by atoms with van der Waals surface area (Å²) < 4.78 is 38.5. The van der Waals surface area contributed by atoms with Gasteiger partial charge in [-0.25, -0.2) is 0 Å². The SMILES string of the molecule is Cn1c(SCCC(=O)Nc2ccccc2)nnc1C(F)(F)F. The van der Waals surface area contributed by atoms with Crippen LogP contribution in [0.3, 0.4) is 0 Å². The number of rotatable bonds is 5. The Morgan fingerprint density at radius 1 is 1.27 bits per heavy atom. The Hall–Kier alpha value is -2.03. The predicted octanol–water partition coefficient (Wildman–Crippen LogP) is 2.95. The van der Waals surface area contributed by atoms with Gasteiger partial charge in [0.2, 0.25) is 11.7 Å². The summed E-state index contributed by atoms with van der Waals surface area (Å²) in [6.07, 6.45) is -4.38. The Bertz CT molecular complexity index is 642. The number of thioether (sulfide) groups is 1. The zero-order valence-corrected chi connectivity index (χ0v) is 12.4. The molecule has 0 unspecified atom stereocenters. The van der Waals surface area contributed by atoms with Crippen molar-refractivity contribution >= 4 is 23.4 Å². The highest BCUT2D eigenvalue weighted by atomic mass is 32.2. The third-order valence-electron chi connectivity index (χ3n) is 2.71. The van der Waals surface area contributed by atoms with Gasteiger partial charge in [0.25, 0.3) is 0 Å². The largest absolute Gasteiger partial charge is 0.451 e. The highest BCUT2D eigenvalue weighted by Crippen LogP contribution is 2.29. The van der Waals surface area contributed by atoms with E-state index >= 15 is 0 Å². The highest BCUT2D eigenvalue weighted by molar-refractivity contribution is 7.99. The van der Waals surface area contributed by atoms with Gasteiger partial charge >= 0.3 is 6.18 Å². The van der Waals surface area contributed by atoms with Crippen LogP contribution in [-0.2, 0) is 18.0 Å². The number of para-hydroxylation sites is 1. The zero-order chi connectivity index (χ0) is 16.2. The van der Waals surface area contributed by atoms with Gasteiger partial charge in [-0.1, -0.05) is 30.0 Å². The summed E-state index contributed by atoms with van der Waals surface area (Å²) in [6, 6.07) is 8.93. The minimum Gasteiger partial charge on any atom is -0.326 e. The zero-order valence-electron chi connectivity index (χ0n) is 11.6. The van der Waals surface area contributed by atoms with Crippen LogP contribution in [0.4, 0.5) is 18.9 Å². The molecule has 1 aromatic carbocycles. The van der Waals surface area contributed by atoms with E-state index in [1.165, 1.54) is 7.05 Å². The van der Waals surface area contributed by atoms with E-state index in [0.717, 1.165) is 16.3 Å². The molecule has 1 aromatic heterocycles. The molecular formula is C13H13F3N4OS. The molecule has 0 radical (unpaired) electrons. The second-order valence-corrected chi connectivity index (χ2v) is 5.44. The highest BCUT2D eigenvalue weighted by Gasteiger charge is 2.37. The number of hydrogen-bond acceptors (Lipinski definition) is 4. The number of carbonyl (C=O) groups excluding carboxylic acids is 1. The summed E-state index contributed by atoms with van der Waals surface area (Å²) in [5.41, 5.74) is 0.676. The maximum atomic E-state index is 12.6. The van der Waals surface area contributed by atoms with E-state index in [-0.39, 0.29) is 17.5 Å². The van der Waals surface area contributed by atoms with Crippen molar-refractivity contribution < 1.29 is 18.0 Å². The minimum atomic E-state index is -4.54. The first-order valence-corrected chi connectivity index (χ1v) is 7.31. The van der Waals surface area contributed by atoms with Crippen molar-refractivity contribution in [3.63, 3.8) is 0 Å². The topological polar surface area (TPSA) is 59.8 Å². The Balaban J connectivity index is 1.84. The molecule has 1 heterocycles. The van der Waals surface area contributed by atoms with Crippen LogP contribution in [0.1, 0.15) is 12.2 Å². The van der Waals surface area contributed by atoms with Crippen LogP contribution in [-0.4, -0.2) is 26.4 Å². The van der Waals surface area contributed by atoms with Crippen LogP contribution in [0.25, 0.3) is 0 Å². The molecule has 0 saturated carbocycles. The second kappa shape index (κ2) is 6.82.